The fourth-order valence-corrected chi connectivity index (χ4v) is 18.9. The van der Waals surface area contributed by atoms with E-state index in [-0.39, 0.29) is 123 Å². The van der Waals surface area contributed by atoms with Gasteiger partial charge in [0, 0.05) is 56.8 Å². The van der Waals surface area contributed by atoms with Gasteiger partial charge in [-0.15, -0.1) is 0 Å². The molecule has 80 heavy (non-hydrogen) atoms. The van der Waals surface area contributed by atoms with Crippen LogP contribution < -0.4 is 18.9 Å². The summed E-state index contributed by atoms with van der Waals surface area (Å²) in [6.45, 7) is 0. The van der Waals surface area contributed by atoms with Crippen molar-refractivity contribution in [1.29, 1.82) is 0 Å². The summed E-state index contributed by atoms with van der Waals surface area (Å²) in [5.41, 5.74) is 0.971. The summed E-state index contributed by atoms with van der Waals surface area (Å²) in [6, 6.07) is 17.9. The molecule has 7 aromatic rings. The van der Waals surface area contributed by atoms with E-state index in [1.54, 1.807) is 48.5 Å². The van der Waals surface area contributed by atoms with Crippen molar-refractivity contribution in [2.75, 3.05) is 0 Å². The van der Waals surface area contributed by atoms with Gasteiger partial charge < -0.3 is 9.97 Å². The molecule has 20 nitrogen and oxygen atoms in total. The Balaban J connectivity index is 1.13. The zero-order chi connectivity index (χ0) is 55.0. The van der Waals surface area contributed by atoms with Gasteiger partial charge in [0.15, 0.2) is 23.3 Å². The van der Waals surface area contributed by atoms with Crippen molar-refractivity contribution in [2.24, 2.45) is 0 Å². The Labute approximate surface area is 464 Å². The van der Waals surface area contributed by atoms with Crippen LogP contribution in [0.2, 0.25) is 0 Å². The summed E-state index contributed by atoms with van der Waals surface area (Å²) in [5, 5.41) is 0.906. The Kier molecular flexibility index (Phi) is 14.0. The van der Waals surface area contributed by atoms with Crippen LogP contribution in [-0.2, 0) is 40.1 Å². The molecule has 6 aliphatic rings. The highest BCUT2D eigenvalue weighted by Crippen LogP contribution is 2.43. The van der Waals surface area contributed by atoms with Crippen LogP contribution in [0.15, 0.2) is 92.4 Å². The lowest BCUT2D eigenvalue weighted by Gasteiger charge is -2.23. The molecular formula is C56H62N12O8S4. The zero-order valence-corrected chi connectivity index (χ0v) is 47.2. The standard InChI is InChI=1S/C56H62N12O8S4/c69-77(70,65-33-17-5-1-6-18-33)41-29-13-25-37-45(41)53-57-49(37)62-54-47-39(27-15-31-43(47)79(73,74)67-35-21-9-3-10-22-35)51(59-54)64-56-48-40(28-16-32-44(48)80(75,76)68-36-23-11-4-12-24-36)52(60-56)63-55-46-38(50(58-55)61-53)26-14-30-42(46)78(71,72)66-34-19-7-2-8-20-34/h13-16,25-36,65-68H,1-12,17-24H2,(H2,57,58,59,60,61,62,63,64). The molecule has 4 aliphatic carbocycles. The summed E-state index contributed by atoms with van der Waals surface area (Å²) >= 11 is 0. The number of hydrogen-bond acceptors (Lipinski definition) is 14. The average molecular weight is 1160 g/mol. The van der Waals surface area contributed by atoms with Crippen LogP contribution in [0.5, 0.6) is 0 Å². The molecule has 0 unspecified atom stereocenters. The Morgan fingerprint density at radius 1 is 0.325 bits per heavy atom. The first-order valence-electron chi connectivity index (χ1n) is 28.0. The largest absolute Gasteiger partial charge is 0.324 e. The van der Waals surface area contributed by atoms with Crippen LogP contribution >= 0.6 is 0 Å². The van der Waals surface area contributed by atoms with Gasteiger partial charge in [-0.25, -0.2) is 82.5 Å². The Hall–Kier alpha value is -6.12. The Morgan fingerprint density at radius 2 is 0.613 bits per heavy atom. The van der Waals surface area contributed by atoms with Gasteiger partial charge in [0.2, 0.25) is 40.1 Å². The molecule has 4 saturated carbocycles. The van der Waals surface area contributed by atoms with Gasteiger partial charge in [0.1, 0.15) is 22.6 Å². The van der Waals surface area contributed by atoms with Crippen LogP contribution in [0.3, 0.4) is 0 Å². The molecule has 24 heteroatoms. The van der Waals surface area contributed by atoms with E-state index in [1.165, 1.54) is 24.3 Å². The molecule has 6 N–H and O–H groups in total. The molecule has 0 saturated heterocycles. The van der Waals surface area contributed by atoms with Crippen LogP contribution in [-0.4, -0.2) is 97.7 Å². The van der Waals surface area contributed by atoms with Crippen LogP contribution in [0.4, 0.5) is 0 Å². The molecule has 5 heterocycles. The summed E-state index contributed by atoms with van der Waals surface area (Å²) in [4.78, 5) is 36.5. The van der Waals surface area contributed by atoms with Crippen molar-refractivity contribution in [3.05, 3.63) is 72.8 Å². The van der Waals surface area contributed by atoms with Crippen molar-refractivity contribution >= 4 is 84.2 Å². The number of hydrogen-bond donors (Lipinski definition) is 6. The van der Waals surface area contributed by atoms with Gasteiger partial charge in [-0.1, -0.05) is 126 Å². The first-order valence-corrected chi connectivity index (χ1v) is 34.0. The minimum atomic E-state index is -4.25. The van der Waals surface area contributed by atoms with Crippen molar-refractivity contribution < 1.29 is 33.7 Å². The summed E-state index contributed by atoms with van der Waals surface area (Å²) in [6.07, 6.45) is 16.4. The molecule has 8 bridgehead atoms. The number of benzene rings is 4. The van der Waals surface area contributed by atoms with E-state index in [0.29, 0.717) is 62.1 Å². The van der Waals surface area contributed by atoms with Crippen molar-refractivity contribution in [2.45, 2.75) is 172 Å². The highest BCUT2D eigenvalue weighted by Gasteiger charge is 2.35. The van der Waals surface area contributed by atoms with E-state index in [1.807, 2.05) is 0 Å². The van der Waals surface area contributed by atoms with E-state index in [2.05, 4.69) is 28.9 Å². The van der Waals surface area contributed by atoms with E-state index < -0.39 is 40.1 Å². The molecule has 4 aromatic carbocycles. The molecule has 0 radical (unpaired) electrons. The molecule has 2 aliphatic heterocycles. The Bertz CT molecular complexity index is 4010. The van der Waals surface area contributed by atoms with Crippen LogP contribution in [0.25, 0.3) is 89.7 Å². The lowest BCUT2D eigenvalue weighted by molar-refractivity contribution is 0.412. The molecule has 13 rings (SSSR count). The van der Waals surface area contributed by atoms with Crippen molar-refractivity contribution in [1.82, 2.24) is 58.8 Å². The summed E-state index contributed by atoms with van der Waals surface area (Å²) in [7, 11) is -17.0. The van der Waals surface area contributed by atoms with Gasteiger partial charge in [0.05, 0.1) is 30.7 Å². The number of nitrogens with zero attached hydrogens (tertiary/aromatic N) is 6. The lowest BCUT2D eigenvalue weighted by Crippen LogP contribution is -2.36. The van der Waals surface area contributed by atoms with Gasteiger partial charge >= 0.3 is 0 Å². The third-order valence-corrected chi connectivity index (χ3v) is 22.9. The quantitative estimate of drug-likeness (QED) is 0.0664. The third kappa shape index (κ3) is 10.0. The fourth-order valence-electron chi connectivity index (χ4n) is 12.8. The minimum Gasteiger partial charge on any atom is -0.324 e. The molecule has 0 amide bonds. The first kappa shape index (κ1) is 53.2. The van der Waals surface area contributed by atoms with Gasteiger partial charge in [-0.2, -0.15) is 0 Å². The average Bonchev–Trinajstić information content (AvgIpc) is 4.33. The number of aromatic amines is 2. The highest BCUT2D eigenvalue weighted by atomic mass is 32.2. The van der Waals surface area contributed by atoms with Gasteiger partial charge in [0.25, 0.3) is 0 Å². The van der Waals surface area contributed by atoms with Crippen LogP contribution in [0.1, 0.15) is 128 Å². The molecule has 418 valence electrons. The summed E-state index contributed by atoms with van der Waals surface area (Å²) in [5.74, 6) is -0.175. The number of rotatable bonds is 12. The summed E-state index contributed by atoms with van der Waals surface area (Å²) < 4.78 is 130. The number of aromatic nitrogens is 8. The Morgan fingerprint density at radius 3 is 0.950 bits per heavy atom. The highest BCUT2D eigenvalue weighted by molar-refractivity contribution is 7.90. The van der Waals surface area contributed by atoms with E-state index in [4.69, 9.17) is 29.9 Å². The topological polar surface area (TPSA) is 294 Å². The molecule has 0 atom stereocenters. The number of sulfonamides is 4. The zero-order valence-electron chi connectivity index (χ0n) is 44.0. The normalized spacial score (nSPS) is 18.4. The maximum atomic E-state index is 14.8. The second-order valence-corrected chi connectivity index (χ2v) is 28.9. The maximum Gasteiger partial charge on any atom is 0.241 e. The van der Waals surface area contributed by atoms with Crippen LogP contribution in [0, 0.1) is 0 Å². The predicted octanol–water partition coefficient (Wildman–Crippen LogP) is 9.31. The van der Waals surface area contributed by atoms with E-state index >= 15 is 0 Å². The van der Waals surface area contributed by atoms with E-state index in [0.717, 1.165) is 77.0 Å². The van der Waals surface area contributed by atoms with Gasteiger partial charge in [-0.05, 0) is 75.6 Å². The second-order valence-electron chi connectivity index (χ2n) is 22.1. The minimum absolute atomic E-state index is 0.00948. The number of nitrogens with one attached hydrogen (secondary N) is 6. The number of H-pyrrole nitrogens is 2. The SMILES string of the molecule is O=S(=O)(NC1CCCCC1)c1cccc2c1-c1nc-2nc2[nH]c(nc3nc(nc4[nH]c(n1)c1cccc(S(=O)(=O)NC5CCCCC5)c41)-c1cccc(S(=O)(=O)NC4CCCCC4)c1-3)c1cccc(S(=O)(=O)NC3CCCCC3)c21. The molecular weight excluding hydrogens is 1100 g/mol. The lowest BCUT2D eigenvalue weighted by atomic mass is 9.96. The van der Waals surface area contributed by atoms with Crippen molar-refractivity contribution in [3.8, 4) is 45.6 Å². The first-order chi connectivity index (χ1) is 38.6. The van der Waals surface area contributed by atoms with E-state index in [9.17, 15) is 33.7 Å². The fraction of sp³-hybridized carbons (Fsp3) is 0.429. The van der Waals surface area contributed by atoms with Gasteiger partial charge in [-0.3, -0.25) is 0 Å². The maximum absolute atomic E-state index is 14.8. The van der Waals surface area contributed by atoms with Crippen molar-refractivity contribution in [3.63, 3.8) is 0 Å². The predicted molar refractivity (Wildman–Crippen MR) is 305 cm³/mol. The monoisotopic (exact) mass is 1160 g/mol. The molecule has 4 fully saturated rings. The smallest absolute Gasteiger partial charge is 0.241 e. The molecule has 0 spiro atoms. The number of fused-ring (bicyclic) bond motifs is 20. The molecule has 3 aromatic heterocycles. The third-order valence-electron chi connectivity index (χ3n) is 16.7. The second kappa shape index (κ2) is 21.0.